The summed E-state index contributed by atoms with van der Waals surface area (Å²) in [6.45, 7) is 7.38. The molecule has 0 amide bonds. The molecule has 0 bridgehead atoms. The van der Waals surface area contributed by atoms with Gasteiger partial charge in [0.2, 0.25) is 0 Å². The molecule has 1 heterocycles. The molecular formula is C11H21NO2. The highest BCUT2D eigenvalue weighted by Crippen LogP contribution is 2.41. The normalized spacial score (nSPS) is 36.0. The van der Waals surface area contributed by atoms with Crippen LogP contribution in [-0.2, 0) is 4.74 Å². The van der Waals surface area contributed by atoms with E-state index in [0.29, 0.717) is 18.6 Å². The Morgan fingerprint density at radius 3 is 2.71 bits per heavy atom. The van der Waals surface area contributed by atoms with E-state index in [9.17, 15) is 5.11 Å². The van der Waals surface area contributed by atoms with Gasteiger partial charge in [-0.1, -0.05) is 0 Å². The number of β-amino-alcohol motifs (C(OH)–C–C–N with tert-alkyl or cyclic N) is 1. The van der Waals surface area contributed by atoms with Gasteiger partial charge < -0.3 is 9.84 Å². The van der Waals surface area contributed by atoms with Gasteiger partial charge in [0, 0.05) is 19.1 Å². The van der Waals surface area contributed by atoms with Crippen molar-refractivity contribution in [3.8, 4) is 0 Å². The van der Waals surface area contributed by atoms with Crippen LogP contribution in [0.5, 0.6) is 0 Å². The van der Waals surface area contributed by atoms with Crippen molar-refractivity contribution in [2.24, 2.45) is 5.92 Å². The third-order valence-electron chi connectivity index (χ3n) is 3.42. The lowest BCUT2D eigenvalue weighted by Gasteiger charge is -2.33. The maximum atomic E-state index is 10.4. The zero-order chi connectivity index (χ0) is 10.2. The molecule has 3 heteroatoms. The van der Waals surface area contributed by atoms with Crippen molar-refractivity contribution in [1.82, 2.24) is 4.90 Å². The van der Waals surface area contributed by atoms with E-state index in [1.807, 2.05) is 0 Å². The zero-order valence-electron chi connectivity index (χ0n) is 9.20. The van der Waals surface area contributed by atoms with Crippen molar-refractivity contribution >= 4 is 0 Å². The van der Waals surface area contributed by atoms with Crippen molar-refractivity contribution in [2.75, 3.05) is 26.3 Å². The van der Waals surface area contributed by atoms with E-state index in [-0.39, 0.29) is 0 Å². The highest BCUT2D eigenvalue weighted by Gasteiger charge is 2.46. The summed E-state index contributed by atoms with van der Waals surface area (Å²) in [7, 11) is 0. The Morgan fingerprint density at radius 2 is 2.14 bits per heavy atom. The van der Waals surface area contributed by atoms with Gasteiger partial charge in [0.1, 0.15) is 5.60 Å². The highest BCUT2D eigenvalue weighted by atomic mass is 16.5. The molecule has 1 unspecified atom stereocenters. The van der Waals surface area contributed by atoms with Gasteiger partial charge in [-0.25, -0.2) is 0 Å². The fourth-order valence-electron chi connectivity index (χ4n) is 2.22. The topological polar surface area (TPSA) is 32.7 Å². The van der Waals surface area contributed by atoms with E-state index in [1.54, 1.807) is 0 Å². The van der Waals surface area contributed by atoms with Gasteiger partial charge >= 0.3 is 0 Å². The summed E-state index contributed by atoms with van der Waals surface area (Å²) in [5.41, 5.74) is -0.569. The molecule has 2 rings (SSSR count). The van der Waals surface area contributed by atoms with Crippen LogP contribution in [0.1, 0.15) is 26.7 Å². The number of hydrogen-bond donors (Lipinski definition) is 1. The second-order valence-electron chi connectivity index (χ2n) is 4.99. The Hall–Kier alpha value is -0.120. The van der Waals surface area contributed by atoms with Gasteiger partial charge in [-0.15, -0.1) is 0 Å². The first kappa shape index (κ1) is 10.4. The minimum Gasteiger partial charge on any atom is -0.386 e. The zero-order valence-corrected chi connectivity index (χ0v) is 9.20. The van der Waals surface area contributed by atoms with E-state index in [4.69, 9.17) is 4.74 Å². The Balaban J connectivity index is 2.02. The molecule has 0 aromatic heterocycles. The molecule has 0 spiro atoms. The molecule has 0 aromatic carbocycles. The standard InChI is InChI=1S/C11H21NO2/c1-9(2)12-5-6-14-8-11(13,7-12)10-3-4-10/h9-10,13H,3-8H2,1-2H3. The third kappa shape index (κ3) is 2.10. The lowest BCUT2D eigenvalue weighted by atomic mass is 9.98. The number of rotatable bonds is 2. The fraction of sp³-hybridized carbons (Fsp3) is 1.00. The summed E-state index contributed by atoms with van der Waals surface area (Å²) >= 11 is 0. The van der Waals surface area contributed by atoms with Crippen molar-refractivity contribution in [2.45, 2.75) is 38.3 Å². The van der Waals surface area contributed by atoms with Crippen molar-refractivity contribution in [1.29, 1.82) is 0 Å². The molecule has 2 fully saturated rings. The van der Waals surface area contributed by atoms with E-state index in [2.05, 4.69) is 18.7 Å². The first-order valence-corrected chi connectivity index (χ1v) is 5.66. The molecule has 1 aliphatic carbocycles. The Morgan fingerprint density at radius 1 is 1.43 bits per heavy atom. The number of ether oxygens (including phenoxy) is 1. The second-order valence-corrected chi connectivity index (χ2v) is 4.99. The molecular weight excluding hydrogens is 178 g/mol. The number of hydrogen-bond acceptors (Lipinski definition) is 3. The summed E-state index contributed by atoms with van der Waals surface area (Å²) in [6, 6.07) is 0.502. The number of aliphatic hydroxyl groups is 1. The average Bonchev–Trinajstić information content (AvgIpc) is 2.88. The first-order chi connectivity index (χ1) is 6.62. The molecule has 0 radical (unpaired) electrons. The molecule has 1 atom stereocenters. The molecule has 1 saturated heterocycles. The predicted molar refractivity (Wildman–Crippen MR) is 55.2 cm³/mol. The fourth-order valence-corrected chi connectivity index (χ4v) is 2.22. The molecule has 0 aromatic rings. The highest BCUT2D eigenvalue weighted by molar-refractivity contribution is 4.98. The van der Waals surface area contributed by atoms with E-state index in [1.165, 1.54) is 12.8 Å². The van der Waals surface area contributed by atoms with Gasteiger partial charge in [0.05, 0.1) is 13.2 Å². The molecule has 14 heavy (non-hydrogen) atoms. The van der Waals surface area contributed by atoms with Gasteiger partial charge in [-0.05, 0) is 32.6 Å². The van der Waals surface area contributed by atoms with Crippen LogP contribution < -0.4 is 0 Å². The van der Waals surface area contributed by atoms with Crippen LogP contribution in [0.25, 0.3) is 0 Å². The lowest BCUT2D eigenvalue weighted by molar-refractivity contribution is -0.0549. The van der Waals surface area contributed by atoms with Crippen molar-refractivity contribution < 1.29 is 9.84 Å². The van der Waals surface area contributed by atoms with Crippen LogP contribution in [0.4, 0.5) is 0 Å². The summed E-state index contributed by atoms with van der Waals surface area (Å²) in [6.07, 6.45) is 2.34. The van der Waals surface area contributed by atoms with E-state index in [0.717, 1.165) is 19.7 Å². The molecule has 1 saturated carbocycles. The Kier molecular flexibility index (Phi) is 2.82. The summed E-state index contributed by atoms with van der Waals surface area (Å²) in [5.74, 6) is 0.488. The maximum absolute atomic E-state index is 10.4. The van der Waals surface area contributed by atoms with Crippen LogP contribution in [0.15, 0.2) is 0 Å². The minimum absolute atomic E-state index is 0.488. The van der Waals surface area contributed by atoms with Crippen LogP contribution in [0.2, 0.25) is 0 Å². The van der Waals surface area contributed by atoms with Crippen LogP contribution in [-0.4, -0.2) is 48.0 Å². The smallest absolute Gasteiger partial charge is 0.103 e. The summed E-state index contributed by atoms with van der Waals surface area (Å²) in [4.78, 5) is 2.32. The molecule has 82 valence electrons. The summed E-state index contributed by atoms with van der Waals surface area (Å²) in [5, 5.41) is 10.4. The van der Waals surface area contributed by atoms with Gasteiger partial charge in [0.25, 0.3) is 0 Å². The number of nitrogens with zero attached hydrogens (tertiary/aromatic N) is 1. The summed E-state index contributed by atoms with van der Waals surface area (Å²) < 4.78 is 5.50. The predicted octanol–water partition coefficient (Wildman–Crippen LogP) is 0.868. The minimum atomic E-state index is -0.569. The van der Waals surface area contributed by atoms with Crippen molar-refractivity contribution in [3.05, 3.63) is 0 Å². The van der Waals surface area contributed by atoms with Crippen LogP contribution in [0, 0.1) is 5.92 Å². The van der Waals surface area contributed by atoms with Crippen LogP contribution in [0.3, 0.4) is 0 Å². The monoisotopic (exact) mass is 199 g/mol. The molecule has 1 N–H and O–H groups in total. The first-order valence-electron chi connectivity index (χ1n) is 5.66. The SMILES string of the molecule is CC(C)N1CCOCC(O)(C2CC2)C1. The van der Waals surface area contributed by atoms with Crippen LogP contribution >= 0.6 is 0 Å². The van der Waals surface area contributed by atoms with E-state index >= 15 is 0 Å². The second kappa shape index (κ2) is 3.80. The van der Waals surface area contributed by atoms with E-state index < -0.39 is 5.60 Å². The maximum Gasteiger partial charge on any atom is 0.103 e. The largest absolute Gasteiger partial charge is 0.386 e. The Bertz CT molecular complexity index is 203. The van der Waals surface area contributed by atoms with Gasteiger partial charge in [0.15, 0.2) is 0 Å². The van der Waals surface area contributed by atoms with Crippen molar-refractivity contribution in [3.63, 3.8) is 0 Å². The molecule has 1 aliphatic heterocycles. The molecule has 2 aliphatic rings. The lowest BCUT2D eigenvalue weighted by Crippen LogP contribution is -2.48. The molecule has 3 nitrogen and oxygen atoms in total. The quantitative estimate of drug-likeness (QED) is 0.716. The average molecular weight is 199 g/mol. The Labute approximate surface area is 86.0 Å². The van der Waals surface area contributed by atoms with Gasteiger partial charge in [-0.2, -0.15) is 0 Å². The third-order valence-corrected chi connectivity index (χ3v) is 3.42. The van der Waals surface area contributed by atoms with Gasteiger partial charge in [-0.3, -0.25) is 4.90 Å².